The molecule has 1 amide bonds. The Balaban J connectivity index is 1.52. The molecular formula is C24H22N2O3S. The van der Waals surface area contributed by atoms with Crippen LogP contribution in [0.1, 0.15) is 26.4 Å². The van der Waals surface area contributed by atoms with E-state index >= 15 is 0 Å². The van der Waals surface area contributed by atoms with E-state index in [1.165, 1.54) is 11.3 Å². The Labute approximate surface area is 178 Å². The summed E-state index contributed by atoms with van der Waals surface area (Å²) >= 11 is 1.34. The van der Waals surface area contributed by atoms with Crippen LogP contribution in [0.3, 0.4) is 0 Å². The number of esters is 1. The van der Waals surface area contributed by atoms with E-state index in [1.54, 1.807) is 6.07 Å². The summed E-state index contributed by atoms with van der Waals surface area (Å²) in [5.41, 5.74) is 3.96. The van der Waals surface area contributed by atoms with Crippen molar-refractivity contribution in [2.24, 2.45) is 0 Å². The lowest BCUT2D eigenvalue weighted by molar-refractivity contribution is -0.147. The van der Waals surface area contributed by atoms with Crippen LogP contribution in [0.2, 0.25) is 0 Å². The average molecular weight is 419 g/mol. The van der Waals surface area contributed by atoms with Crippen LogP contribution in [0.4, 0.5) is 0 Å². The number of H-pyrrole nitrogens is 1. The van der Waals surface area contributed by atoms with Crippen LogP contribution in [0.25, 0.3) is 10.9 Å². The van der Waals surface area contributed by atoms with Crippen molar-refractivity contribution in [2.45, 2.75) is 26.0 Å². The number of nitrogens with one attached hydrogen (secondary N) is 2. The van der Waals surface area contributed by atoms with Crippen LogP contribution in [0.5, 0.6) is 0 Å². The summed E-state index contributed by atoms with van der Waals surface area (Å²) < 4.78 is 5.56. The van der Waals surface area contributed by atoms with Crippen molar-refractivity contribution in [3.8, 4) is 0 Å². The molecule has 0 radical (unpaired) electrons. The number of para-hydroxylation sites is 1. The van der Waals surface area contributed by atoms with Crippen LogP contribution in [-0.4, -0.2) is 22.9 Å². The Kier molecular flexibility index (Phi) is 5.95. The second-order valence-electron chi connectivity index (χ2n) is 7.16. The third-order valence-electron chi connectivity index (χ3n) is 4.90. The van der Waals surface area contributed by atoms with Gasteiger partial charge in [0, 0.05) is 23.5 Å². The van der Waals surface area contributed by atoms with Gasteiger partial charge in [-0.1, -0.05) is 54.1 Å². The second kappa shape index (κ2) is 8.97. The lowest BCUT2D eigenvalue weighted by Gasteiger charge is -2.17. The van der Waals surface area contributed by atoms with E-state index in [4.69, 9.17) is 4.74 Å². The zero-order chi connectivity index (χ0) is 20.9. The molecule has 30 heavy (non-hydrogen) atoms. The van der Waals surface area contributed by atoms with Gasteiger partial charge in [-0.3, -0.25) is 4.79 Å². The van der Waals surface area contributed by atoms with E-state index in [1.807, 2.05) is 73.1 Å². The molecule has 0 aliphatic carbocycles. The maximum Gasteiger partial charge on any atom is 0.329 e. The number of aryl methyl sites for hydroxylation is 1. The number of benzene rings is 2. The van der Waals surface area contributed by atoms with Gasteiger partial charge >= 0.3 is 5.97 Å². The summed E-state index contributed by atoms with van der Waals surface area (Å²) in [5.74, 6) is -0.728. The van der Waals surface area contributed by atoms with Crippen molar-refractivity contribution in [3.05, 3.63) is 93.8 Å². The Morgan fingerprint density at radius 3 is 2.77 bits per heavy atom. The molecule has 0 aliphatic heterocycles. The Bertz CT molecular complexity index is 1160. The van der Waals surface area contributed by atoms with Crippen LogP contribution < -0.4 is 5.32 Å². The fraction of sp³-hybridized carbons (Fsp3) is 0.167. The minimum absolute atomic E-state index is 0.166. The molecule has 4 rings (SSSR count). The Morgan fingerprint density at radius 1 is 1.10 bits per heavy atom. The molecule has 2 aromatic heterocycles. The molecule has 0 fully saturated rings. The molecule has 6 heteroatoms. The third-order valence-corrected chi connectivity index (χ3v) is 5.77. The molecule has 152 valence electrons. The number of rotatable bonds is 7. The van der Waals surface area contributed by atoms with Gasteiger partial charge in [-0.15, -0.1) is 11.3 Å². The van der Waals surface area contributed by atoms with E-state index in [-0.39, 0.29) is 12.5 Å². The molecule has 0 bridgehead atoms. The zero-order valence-electron chi connectivity index (χ0n) is 16.6. The number of ether oxygens (including phenoxy) is 1. The molecule has 0 unspecified atom stereocenters. The fourth-order valence-corrected chi connectivity index (χ4v) is 4.03. The highest BCUT2D eigenvalue weighted by Crippen LogP contribution is 2.20. The van der Waals surface area contributed by atoms with E-state index in [0.29, 0.717) is 11.3 Å². The summed E-state index contributed by atoms with van der Waals surface area (Å²) in [7, 11) is 0. The maximum absolute atomic E-state index is 12.9. The van der Waals surface area contributed by atoms with Crippen LogP contribution >= 0.6 is 11.3 Å². The van der Waals surface area contributed by atoms with Gasteiger partial charge in [0.25, 0.3) is 5.91 Å². The van der Waals surface area contributed by atoms with Crippen LogP contribution in [-0.2, 0) is 22.6 Å². The van der Waals surface area contributed by atoms with Gasteiger partial charge in [-0.2, -0.15) is 0 Å². The highest BCUT2D eigenvalue weighted by Gasteiger charge is 2.25. The Morgan fingerprint density at radius 2 is 1.97 bits per heavy atom. The van der Waals surface area contributed by atoms with Crippen molar-refractivity contribution in [2.75, 3.05) is 0 Å². The first-order chi connectivity index (χ1) is 14.6. The van der Waals surface area contributed by atoms with E-state index in [9.17, 15) is 9.59 Å². The monoisotopic (exact) mass is 418 g/mol. The van der Waals surface area contributed by atoms with Crippen molar-refractivity contribution in [1.82, 2.24) is 10.3 Å². The maximum atomic E-state index is 12.9. The molecule has 0 saturated heterocycles. The quantitative estimate of drug-likeness (QED) is 0.430. The highest BCUT2D eigenvalue weighted by atomic mass is 32.1. The van der Waals surface area contributed by atoms with Gasteiger partial charge in [0.2, 0.25) is 0 Å². The van der Waals surface area contributed by atoms with Gasteiger partial charge in [0.15, 0.2) is 0 Å². The van der Waals surface area contributed by atoms with Gasteiger partial charge in [-0.25, -0.2) is 4.79 Å². The first-order valence-corrected chi connectivity index (χ1v) is 10.6. The lowest BCUT2D eigenvalue weighted by Crippen LogP contribution is -2.43. The average Bonchev–Trinajstić information content (AvgIpc) is 3.42. The highest BCUT2D eigenvalue weighted by molar-refractivity contribution is 7.12. The minimum Gasteiger partial charge on any atom is -0.459 e. The first kappa shape index (κ1) is 19.9. The second-order valence-corrected chi connectivity index (χ2v) is 8.11. The molecule has 4 aromatic rings. The summed E-state index contributed by atoms with van der Waals surface area (Å²) in [4.78, 5) is 29.3. The van der Waals surface area contributed by atoms with Gasteiger partial charge < -0.3 is 15.0 Å². The minimum atomic E-state index is -0.788. The number of carbonyl (C=O) groups excluding carboxylic acids is 2. The first-order valence-electron chi connectivity index (χ1n) is 9.71. The molecule has 2 N–H and O–H groups in total. The molecule has 5 nitrogen and oxygen atoms in total. The number of fused-ring (bicyclic) bond motifs is 1. The van der Waals surface area contributed by atoms with Crippen LogP contribution in [0.15, 0.2) is 72.2 Å². The predicted octanol–water partition coefficient (Wildman–Crippen LogP) is 4.62. The summed E-state index contributed by atoms with van der Waals surface area (Å²) in [6, 6.07) is 18.5. The number of aromatic amines is 1. The van der Waals surface area contributed by atoms with Crippen molar-refractivity contribution >= 4 is 34.1 Å². The summed E-state index contributed by atoms with van der Waals surface area (Å²) in [6.45, 7) is 2.16. The van der Waals surface area contributed by atoms with Crippen molar-refractivity contribution < 1.29 is 14.3 Å². The smallest absolute Gasteiger partial charge is 0.329 e. The van der Waals surface area contributed by atoms with E-state index in [2.05, 4.69) is 10.3 Å². The molecule has 2 heterocycles. The number of hydrogen-bond donors (Lipinski definition) is 2. The van der Waals surface area contributed by atoms with E-state index < -0.39 is 12.0 Å². The Hall–Kier alpha value is -3.38. The van der Waals surface area contributed by atoms with Gasteiger partial charge in [0.1, 0.15) is 12.6 Å². The zero-order valence-corrected chi connectivity index (χ0v) is 17.4. The lowest BCUT2D eigenvalue weighted by atomic mass is 10.0. The normalized spacial score (nSPS) is 11.9. The number of amides is 1. The fourth-order valence-electron chi connectivity index (χ4n) is 3.41. The van der Waals surface area contributed by atoms with Crippen molar-refractivity contribution in [1.29, 1.82) is 0 Å². The largest absolute Gasteiger partial charge is 0.459 e. The molecule has 0 aliphatic rings. The van der Waals surface area contributed by atoms with E-state index in [0.717, 1.165) is 27.6 Å². The number of aromatic nitrogens is 1. The molecule has 0 spiro atoms. The van der Waals surface area contributed by atoms with Gasteiger partial charge in [0.05, 0.1) is 4.88 Å². The molecule has 0 saturated carbocycles. The topological polar surface area (TPSA) is 71.2 Å². The SMILES string of the molecule is Cc1cccc(COC(=O)[C@H](Cc2c[nH]c3ccccc23)NC(=O)c2cccs2)c1. The third kappa shape index (κ3) is 4.60. The van der Waals surface area contributed by atoms with Crippen molar-refractivity contribution in [3.63, 3.8) is 0 Å². The van der Waals surface area contributed by atoms with Gasteiger partial charge in [-0.05, 0) is 35.6 Å². The molecule has 2 aromatic carbocycles. The predicted molar refractivity (Wildman–Crippen MR) is 119 cm³/mol. The number of thiophene rings is 1. The summed E-state index contributed by atoms with van der Waals surface area (Å²) in [5, 5.41) is 5.71. The number of carbonyl (C=O) groups is 2. The molecule has 1 atom stereocenters. The summed E-state index contributed by atoms with van der Waals surface area (Å²) in [6.07, 6.45) is 2.22. The number of hydrogen-bond acceptors (Lipinski definition) is 4. The van der Waals surface area contributed by atoms with Crippen LogP contribution in [0, 0.1) is 6.92 Å². The molecular weight excluding hydrogens is 396 g/mol. The standard InChI is InChI=1S/C24H22N2O3S/c1-16-6-4-7-17(12-16)15-29-24(28)21(26-23(27)22-10-5-11-30-22)13-18-14-25-20-9-3-2-8-19(18)20/h2-12,14,21,25H,13,15H2,1H3,(H,26,27)/t21-/m0/s1.